The number of methoxy groups -OCH3 is 1. The molecule has 2 fully saturated rings. The average molecular weight is 196 g/mol. The summed E-state index contributed by atoms with van der Waals surface area (Å²) >= 11 is 0. The van der Waals surface area contributed by atoms with Gasteiger partial charge in [0.05, 0.1) is 13.0 Å². The van der Waals surface area contributed by atoms with Crippen LogP contribution in [-0.4, -0.2) is 18.9 Å². The predicted octanol–water partition coefficient (Wildman–Crippen LogP) is 1.55. The van der Waals surface area contributed by atoms with Crippen molar-refractivity contribution >= 4 is 11.8 Å². The zero-order valence-corrected chi connectivity index (χ0v) is 8.71. The highest BCUT2D eigenvalue weighted by Gasteiger charge is 2.54. The normalized spacial score (nSPS) is 41.1. The molecule has 2 rings (SSSR count). The molecule has 0 radical (unpaired) electrons. The van der Waals surface area contributed by atoms with Gasteiger partial charge < -0.3 is 4.74 Å². The number of Topliss-reactive ketones (excluding diaryl/α,β-unsaturated/α-hetero) is 1. The van der Waals surface area contributed by atoms with E-state index in [4.69, 9.17) is 4.74 Å². The van der Waals surface area contributed by atoms with Crippen LogP contribution in [0.4, 0.5) is 0 Å². The van der Waals surface area contributed by atoms with Gasteiger partial charge in [-0.1, -0.05) is 13.3 Å². The fourth-order valence-corrected chi connectivity index (χ4v) is 3.03. The standard InChI is InChI=1S/C11H16O3/c1-11-5-3-4-7(9(11)12)8(6-11)10(13)14-2/h7-8H,3-6H2,1-2H3/t7-,8-,11+/m1/s1. The van der Waals surface area contributed by atoms with Crippen molar-refractivity contribution in [3.63, 3.8) is 0 Å². The topological polar surface area (TPSA) is 43.4 Å². The van der Waals surface area contributed by atoms with Crippen LogP contribution in [0.25, 0.3) is 0 Å². The van der Waals surface area contributed by atoms with E-state index in [1.54, 1.807) is 0 Å². The first-order chi connectivity index (χ1) is 6.58. The van der Waals surface area contributed by atoms with Gasteiger partial charge in [-0.2, -0.15) is 0 Å². The Morgan fingerprint density at radius 1 is 1.57 bits per heavy atom. The number of rotatable bonds is 1. The summed E-state index contributed by atoms with van der Waals surface area (Å²) in [5.74, 6) is -0.130. The van der Waals surface area contributed by atoms with E-state index in [-0.39, 0.29) is 23.2 Å². The van der Waals surface area contributed by atoms with Crippen LogP contribution in [0.2, 0.25) is 0 Å². The molecular formula is C11H16O3. The van der Waals surface area contributed by atoms with Crippen molar-refractivity contribution in [2.24, 2.45) is 17.3 Å². The van der Waals surface area contributed by atoms with Crippen molar-refractivity contribution in [1.82, 2.24) is 0 Å². The molecule has 0 saturated heterocycles. The second-order valence-corrected chi connectivity index (χ2v) is 4.76. The number of hydrogen-bond donors (Lipinski definition) is 0. The van der Waals surface area contributed by atoms with E-state index in [1.807, 2.05) is 6.92 Å². The van der Waals surface area contributed by atoms with Crippen molar-refractivity contribution < 1.29 is 14.3 Å². The first-order valence-electron chi connectivity index (χ1n) is 5.20. The van der Waals surface area contributed by atoms with Crippen LogP contribution >= 0.6 is 0 Å². The third kappa shape index (κ3) is 1.18. The molecule has 2 aliphatic carbocycles. The maximum Gasteiger partial charge on any atom is 0.309 e. The fraction of sp³-hybridized carbons (Fsp3) is 0.818. The lowest BCUT2D eigenvalue weighted by atomic mass is 9.76. The molecule has 0 amide bonds. The van der Waals surface area contributed by atoms with Gasteiger partial charge in [0.1, 0.15) is 5.78 Å². The summed E-state index contributed by atoms with van der Waals surface area (Å²) in [6.45, 7) is 1.99. The third-order valence-electron chi connectivity index (χ3n) is 3.84. The molecule has 0 spiro atoms. The summed E-state index contributed by atoms with van der Waals surface area (Å²) in [6, 6.07) is 0. The summed E-state index contributed by atoms with van der Waals surface area (Å²) in [4.78, 5) is 23.4. The number of esters is 1. The van der Waals surface area contributed by atoms with Crippen LogP contribution in [-0.2, 0) is 14.3 Å². The third-order valence-corrected chi connectivity index (χ3v) is 3.84. The smallest absolute Gasteiger partial charge is 0.309 e. The zero-order valence-electron chi connectivity index (χ0n) is 8.71. The van der Waals surface area contributed by atoms with Gasteiger partial charge in [-0.3, -0.25) is 9.59 Å². The monoisotopic (exact) mass is 196 g/mol. The van der Waals surface area contributed by atoms with Gasteiger partial charge in [-0.25, -0.2) is 0 Å². The zero-order chi connectivity index (χ0) is 10.3. The molecule has 0 aliphatic heterocycles. The van der Waals surface area contributed by atoms with Gasteiger partial charge in [0.2, 0.25) is 0 Å². The first kappa shape index (κ1) is 9.69. The Morgan fingerprint density at radius 3 is 2.86 bits per heavy atom. The quantitative estimate of drug-likeness (QED) is 0.598. The number of fused-ring (bicyclic) bond motifs is 2. The summed E-state index contributed by atoms with van der Waals surface area (Å²) in [5.41, 5.74) is -0.234. The molecular weight excluding hydrogens is 180 g/mol. The van der Waals surface area contributed by atoms with Crippen LogP contribution in [0.5, 0.6) is 0 Å². The molecule has 0 aromatic carbocycles. The van der Waals surface area contributed by atoms with Gasteiger partial charge in [0, 0.05) is 11.3 Å². The Morgan fingerprint density at radius 2 is 2.29 bits per heavy atom. The highest BCUT2D eigenvalue weighted by molar-refractivity contribution is 5.95. The molecule has 3 nitrogen and oxygen atoms in total. The van der Waals surface area contributed by atoms with Crippen LogP contribution in [0.1, 0.15) is 32.6 Å². The molecule has 14 heavy (non-hydrogen) atoms. The second kappa shape index (κ2) is 3.07. The van der Waals surface area contributed by atoms with Gasteiger partial charge in [-0.05, 0) is 19.3 Å². The van der Waals surface area contributed by atoms with Crippen molar-refractivity contribution in [3.8, 4) is 0 Å². The highest BCUT2D eigenvalue weighted by atomic mass is 16.5. The lowest BCUT2D eigenvalue weighted by Gasteiger charge is -2.26. The molecule has 0 heterocycles. The van der Waals surface area contributed by atoms with Crippen LogP contribution in [0, 0.1) is 17.3 Å². The van der Waals surface area contributed by atoms with Gasteiger partial charge >= 0.3 is 5.97 Å². The molecule has 0 aromatic heterocycles. The Hall–Kier alpha value is -0.860. The molecule has 2 aliphatic rings. The Bertz CT molecular complexity index is 284. The van der Waals surface area contributed by atoms with Crippen molar-refractivity contribution in [1.29, 1.82) is 0 Å². The maximum absolute atomic E-state index is 11.9. The van der Waals surface area contributed by atoms with E-state index in [2.05, 4.69) is 0 Å². The van der Waals surface area contributed by atoms with Crippen molar-refractivity contribution in [2.75, 3.05) is 7.11 Å². The predicted molar refractivity (Wildman–Crippen MR) is 50.6 cm³/mol. The molecule has 3 atom stereocenters. The Kier molecular flexibility index (Phi) is 2.13. The van der Waals surface area contributed by atoms with Crippen LogP contribution in [0.15, 0.2) is 0 Å². The van der Waals surface area contributed by atoms with Crippen LogP contribution in [0.3, 0.4) is 0 Å². The van der Waals surface area contributed by atoms with E-state index in [9.17, 15) is 9.59 Å². The minimum Gasteiger partial charge on any atom is -0.469 e. The summed E-state index contributed by atoms with van der Waals surface area (Å²) in [7, 11) is 1.40. The molecule has 2 bridgehead atoms. The highest BCUT2D eigenvalue weighted by Crippen LogP contribution is 2.51. The molecule has 0 unspecified atom stereocenters. The Balaban J connectivity index is 2.25. The number of ketones is 1. The van der Waals surface area contributed by atoms with E-state index in [0.29, 0.717) is 12.2 Å². The van der Waals surface area contributed by atoms with Gasteiger partial charge in [0.15, 0.2) is 0 Å². The molecule has 2 saturated carbocycles. The SMILES string of the molecule is COC(=O)[C@@H]1C[C@]2(C)CCC[C@H]1C2=O. The lowest BCUT2D eigenvalue weighted by molar-refractivity contribution is -0.148. The number of hydrogen-bond acceptors (Lipinski definition) is 3. The van der Waals surface area contributed by atoms with Gasteiger partial charge in [0.25, 0.3) is 0 Å². The first-order valence-corrected chi connectivity index (χ1v) is 5.20. The lowest BCUT2D eigenvalue weighted by Crippen LogP contribution is -2.30. The molecule has 0 aromatic rings. The second-order valence-electron chi connectivity index (χ2n) is 4.76. The number of ether oxygens (including phenoxy) is 1. The maximum atomic E-state index is 11.9. The summed E-state index contributed by atoms with van der Waals surface area (Å²) < 4.78 is 4.74. The van der Waals surface area contributed by atoms with Crippen molar-refractivity contribution in [2.45, 2.75) is 32.6 Å². The van der Waals surface area contributed by atoms with Gasteiger partial charge in [-0.15, -0.1) is 0 Å². The largest absolute Gasteiger partial charge is 0.469 e. The average Bonchev–Trinajstić information content (AvgIpc) is 2.37. The van der Waals surface area contributed by atoms with Crippen molar-refractivity contribution in [3.05, 3.63) is 0 Å². The summed E-state index contributed by atoms with van der Waals surface area (Å²) in [5, 5.41) is 0. The molecule has 0 N–H and O–H groups in total. The molecule has 3 heteroatoms. The van der Waals surface area contributed by atoms with Crippen LogP contribution < -0.4 is 0 Å². The number of carbonyl (C=O) groups excluding carboxylic acids is 2. The minimum absolute atomic E-state index is 0.0544. The van der Waals surface area contributed by atoms with E-state index in [1.165, 1.54) is 7.11 Å². The molecule has 78 valence electrons. The van der Waals surface area contributed by atoms with E-state index in [0.717, 1.165) is 19.3 Å². The number of carbonyl (C=O) groups is 2. The summed E-state index contributed by atoms with van der Waals surface area (Å²) in [6.07, 6.45) is 3.58. The fourth-order valence-electron chi connectivity index (χ4n) is 3.03. The minimum atomic E-state index is -0.234. The Labute approximate surface area is 83.8 Å². The van der Waals surface area contributed by atoms with E-state index < -0.39 is 0 Å². The van der Waals surface area contributed by atoms with E-state index >= 15 is 0 Å².